The molecule has 0 unspecified atom stereocenters. The molecule has 0 amide bonds. The molecule has 0 aliphatic rings. The first kappa shape index (κ1) is 20.2. The molecule has 0 saturated heterocycles. The molecule has 26 heavy (non-hydrogen) atoms. The van der Waals surface area contributed by atoms with Gasteiger partial charge in [-0.25, -0.2) is 4.98 Å². The Morgan fingerprint density at radius 3 is 2.69 bits per heavy atom. The Bertz CT molecular complexity index is 725. The minimum Gasteiger partial charge on any atom is -0.356 e. The molecule has 4 nitrogen and oxygen atoms in total. The van der Waals surface area contributed by atoms with E-state index in [9.17, 15) is 13.2 Å². The molecule has 0 saturated carbocycles. The number of aryl methyl sites for hydroxylation is 2. The summed E-state index contributed by atoms with van der Waals surface area (Å²) in [6.07, 6.45) is -1.39. The van der Waals surface area contributed by atoms with Crippen molar-refractivity contribution in [3.05, 3.63) is 51.5 Å². The molecule has 0 spiro atoms. The van der Waals surface area contributed by atoms with Crippen LogP contribution in [0.3, 0.4) is 0 Å². The van der Waals surface area contributed by atoms with Crippen LogP contribution in [0.5, 0.6) is 0 Å². The summed E-state index contributed by atoms with van der Waals surface area (Å²) in [7, 11) is 1.64. The Morgan fingerprint density at radius 1 is 1.23 bits per heavy atom. The lowest BCUT2D eigenvalue weighted by molar-refractivity contribution is -0.137. The first-order valence-electron chi connectivity index (χ1n) is 8.40. The third kappa shape index (κ3) is 6.67. The van der Waals surface area contributed by atoms with Crippen LogP contribution in [-0.2, 0) is 19.1 Å². The highest BCUT2D eigenvalue weighted by atomic mass is 32.1. The maximum absolute atomic E-state index is 12.7. The molecule has 2 rings (SSSR count). The van der Waals surface area contributed by atoms with Crippen LogP contribution in [0.2, 0.25) is 0 Å². The second-order valence-electron chi connectivity index (χ2n) is 5.89. The maximum Gasteiger partial charge on any atom is 0.416 e. The van der Waals surface area contributed by atoms with Crippen LogP contribution in [0.4, 0.5) is 13.2 Å². The number of nitrogens with one attached hydrogen (secondary N) is 2. The molecule has 0 aliphatic carbocycles. The van der Waals surface area contributed by atoms with Crippen molar-refractivity contribution in [1.82, 2.24) is 15.6 Å². The number of rotatable bonds is 7. The molecule has 2 aromatic rings. The number of aromatic nitrogens is 1. The number of thiazole rings is 1. The maximum atomic E-state index is 12.7. The fraction of sp³-hybridized carbons (Fsp3) is 0.444. The first-order chi connectivity index (χ1) is 12.4. The third-order valence-corrected chi connectivity index (χ3v) is 4.74. The van der Waals surface area contributed by atoms with E-state index in [1.165, 1.54) is 6.07 Å². The van der Waals surface area contributed by atoms with Crippen LogP contribution in [0.1, 0.15) is 34.7 Å². The molecule has 8 heteroatoms. The summed E-state index contributed by atoms with van der Waals surface area (Å²) in [6.45, 7) is 3.01. The monoisotopic (exact) mass is 384 g/mol. The van der Waals surface area contributed by atoms with Crippen LogP contribution in [-0.4, -0.2) is 24.5 Å². The molecule has 1 aromatic heterocycles. The van der Waals surface area contributed by atoms with Crippen LogP contribution >= 0.6 is 11.3 Å². The van der Waals surface area contributed by atoms with Gasteiger partial charge in [0.05, 0.1) is 10.6 Å². The van der Waals surface area contributed by atoms with Gasteiger partial charge >= 0.3 is 6.18 Å². The van der Waals surface area contributed by atoms with Crippen molar-refractivity contribution in [2.24, 2.45) is 4.99 Å². The zero-order valence-corrected chi connectivity index (χ0v) is 15.7. The average molecular weight is 384 g/mol. The van der Waals surface area contributed by atoms with E-state index in [2.05, 4.69) is 20.6 Å². The number of nitrogens with zero attached hydrogens (tertiary/aromatic N) is 2. The fourth-order valence-corrected chi connectivity index (χ4v) is 3.21. The molecular formula is C18H23F3N4S. The normalized spacial score (nSPS) is 12.3. The van der Waals surface area contributed by atoms with Crippen molar-refractivity contribution < 1.29 is 13.2 Å². The molecule has 0 radical (unpaired) electrons. The summed E-state index contributed by atoms with van der Waals surface area (Å²) in [5.41, 5.74) is 0.974. The largest absolute Gasteiger partial charge is 0.416 e. The van der Waals surface area contributed by atoms with Crippen LogP contribution in [0, 0.1) is 6.92 Å². The molecule has 142 valence electrons. The van der Waals surface area contributed by atoms with Gasteiger partial charge in [0, 0.05) is 31.2 Å². The number of aliphatic imine (C=N–C) groups is 1. The Morgan fingerprint density at radius 2 is 2.04 bits per heavy atom. The molecule has 2 N–H and O–H groups in total. The predicted octanol–water partition coefficient (Wildman–Crippen LogP) is 4.16. The van der Waals surface area contributed by atoms with E-state index in [1.54, 1.807) is 24.5 Å². The highest BCUT2D eigenvalue weighted by Gasteiger charge is 2.30. The van der Waals surface area contributed by atoms with Gasteiger partial charge in [-0.1, -0.05) is 12.1 Å². The van der Waals surface area contributed by atoms with Crippen LogP contribution in [0.25, 0.3) is 0 Å². The van der Waals surface area contributed by atoms with E-state index < -0.39 is 11.7 Å². The van der Waals surface area contributed by atoms with E-state index in [4.69, 9.17) is 0 Å². The van der Waals surface area contributed by atoms with Gasteiger partial charge in [-0.05, 0) is 43.9 Å². The fourth-order valence-electron chi connectivity index (χ4n) is 2.39. The summed E-state index contributed by atoms with van der Waals surface area (Å²) in [5, 5.41) is 9.41. The summed E-state index contributed by atoms with van der Waals surface area (Å²) in [6, 6.07) is 5.29. The second kappa shape index (κ2) is 9.56. The van der Waals surface area contributed by atoms with E-state index in [1.807, 2.05) is 12.3 Å². The van der Waals surface area contributed by atoms with Gasteiger partial charge in [0.2, 0.25) is 0 Å². The summed E-state index contributed by atoms with van der Waals surface area (Å²) in [4.78, 5) is 8.52. The van der Waals surface area contributed by atoms with Gasteiger partial charge < -0.3 is 10.6 Å². The number of unbranched alkanes of at least 4 members (excludes halogenated alkanes) is 1. The lowest BCUT2D eigenvalue weighted by atomic mass is 10.1. The molecule has 1 heterocycles. The Kier molecular flexibility index (Phi) is 7.44. The number of benzene rings is 1. The number of guanidine groups is 1. The molecule has 1 aromatic carbocycles. The highest BCUT2D eigenvalue weighted by molar-refractivity contribution is 7.09. The average Bonchev–Trinajstić information content (AvgIpc) is 3.02. The lowest BCUT2D eigenvalue weighted by Crippen LogP contribution is -2.37. The van der Waals surface area contributed by atoms with Gasteiger partial charge in [0.15, 0.2) is 5.96 Å². The van der Waals surface area contributed by atoms with Crippen molar-refractivity contribution in [3.8, 4) is 0 Å². The highest BCUT2D eigenvalue weighted by Crippen LogP contribution is 2.29. The topological polar surface area (TPSA) is 49.3 Å². The zero-order valence-electron chi connectivity index (χ0n) is 14.9. The van der Waals surface area contributed by atoms with Crippen molar-refractivity contribution in [3.63, 3.8) is 0 Å². The minimum atomic E-state index is -4.33. The lowest BCUT2D eigenvalue weighted by Gasteiger charge is -2.13. The van der Waals surface area contributed by atoms with Crippen molar-refractivity contribution in [2.45, 2.75) is 38.9 Å². The summed E-state index contributed by atoms with van der Waals surface area (Å²) in [5.74, 6) is 0.576. The Balaban J connectivity index is 1.71. The third-order valence-electron chi connectivity index (χ3n) is 3.71. The van der Waals surface area contributed by atoms with Gasteiger partial charge in [0.25, 0.3) is 0 Å². The summed E-state index contributed by atoms with van der Waals surface area (Å²) >= 11 is 1.68. The van der Waals surface area contributed by atoms with Crippen molar-refractivity contribution in [2.75, 3.05) is 13.6 Å². The smallest absolute Gasteiger partial charge is 0.356 e. The zero-order chi connectivity index (χ0) is 19.0. The predicted molar refractivity (Wildman–Crippen MR) is 99.4 cm³/mol. The minimum absolute atomic E-state index is 0.280. The van der Waals surface area contributed by atoms with Crippen LogP contribution < -0.4 is 10.6 Å². The molecule has 0 fully saturated rings. The van der Waals surface area contributed by atoms with Gasteiger partial charge in [-0.3, -0.25) is 4.99 Å². The number of hydrogen-bond donors (Lipinski definition) is 2. The Labute approximate surface area is 155 Å². The van der Waals surface area contributed by atoms with E-state index >= 15 is 0 Å². The SMILES string of the molecule is CN=C(NCCCCc1nc(C)cs1)NCc1cccc(C(F)(F)F)c1. The van der Waals surface area contributed by atoms with E-state index in [0.29, 0.717) is 11.5 Å². The van der Waals surface area contributed by atoms with Gasteiger partial charge in [0.1, 0.15) is 0 Å². The first-order valence-corrected chi connectivity index (χ1v) is 9.28. The molecular weight excluding hydrogens is 361 g/mol. The molecule has 0 aliphatic heterocycles. The number of hydrogen-bond acceptors (Lipinski definition) is 3. The quantitative estimate of drug-likeness (QED) is 0.428. The van der Waals surface area contributed by atoms with Crippen LogP contribution in [0.15, 0.2) is 34.6 Å². The summed E-state index contributed by atoms with van der Waals surface area (Å²) < 4.78 is 38.2. The van der Waals surface area contributed by atoms with Crippen molar-refractivity contribution >= 4 is 17.3 Å². The molecule has 0 atom stereocenters. The number of alkyl halides is 3. The molecule has 0 bridgehead atoms. The van der Waals surface area contributed by atoms with E-state index in [0.717, 1.165) is 48.6 Å². The second-order valence-corrected chi connectivity index (χ2v) is 6.83. The number of halogens is 3. The van der Waals surface area contributed by atoms with Gasteiger partial charge in [-0.15, -0.1) is 11.3 Å². The standard InChI is InChI=1S/C18H23F3N4S/c1-13-12-26-16(25-13)8-3-4-9-23-17(22-2)24-11-14-6-5-7-15(10-14)18(19,20)21/h5-7,10,12H,3-4,8-9,11H2,1-2H3,(H2,22,23,24). The van der Waals surface area contributed by atoms with Crippen molar-refractivity contribution in [1.29, 1.82) is 0 Å². The van der Waals surface area contributed by atoms with E-state index in [-0.39, 0.29) is 6.54 Å². The van der Waals surface area contributed by atoms with Gasteiger partial charge in [-0.2, -0.15) is 13.2 Å². The Hall–Kier alpha value is -2.09.